The minimum Gasteiger partial charge on any atom is -0.384 e. The molecule has 1 fully saturated rings. The van der Waals surface area contributed by atoms with Crippen LogP contribution in [-0.2, 0) is 9.53 Å². The molecule has 0 radical (unpaired) electrons. The zero-order chi connectivity index (χ0) is 13.6. The first kappa shape index (κ1) is 15.8. The Balaban J connectivity index is 2.18. The summed E-state index contributed by atoms with van der Waals surface area (Å²) in [6.07, 6.45) is 0.997. The van der Waals surface area contributed by atoms with Gasteiger partial charge in [-0.1, -0.05) is 15.9 Å². The third kappa shape index (κ3) is 5.61. The van der Waals surface area contributed by atoms with Crippen LogP contribution in [0.2, 0.25) is 0 Å². The number of carbonyl (C=O) groups is 1. The molecule has 0 bridgehead atoms. The minimum absolute atomic E-state index is 0.0948. The summed E-state index contributed by atoms with van der Waals surface area (Å²) < 4.78 is 30.8. The fourth-order valence-electron chi connectivity index (χ4n) is 2.06. The van der Waals surface area contributed by atoms with Gasteiger partial charge in [0.25, 0.3) is 0 Å². The quantitative estimate of drug-likeness (QED) is 0.762. The van der Waals surface area contributed by atoms with Gasteiger partial charge in [0.2, 0.25) is 11.8 Å². The van der Waals surface area contributed by atoms with Crippen molar-refractivity contribution in [2.45, 2.75) is 42.9 Å². The van der Waals surface area contributed by atoms with Gasteiger partial charge in [0.05, 0.1) is 6.61 Å². The van der Waals surface area contributed by atoms with E-state index >= 15 is 0 Å². The average Bonchev–Trinajstić information content (AvgIpc) is 2.29. The zero-order valence-electron chi connectivity index (χ0n) is 10.6. The van der Waals surface area contributed by atoms with Gasteiger partial charge in [-0.25, -0.2) is 8.78 Å². The fourth-order valence-corrected chi connectivity index (χ4v) is 2.56. The minimum atomic E-state index is -2.57. The van der Waals surface area contributed by atoms with Gasteiger partial charge in [-0.3, -0.25) is 4.79 Å². The van der Waals surface area contributed by atoms with Crippen LogP contribution in [0, 0.1) is 5.92 Å². The SMILES string of the molecule is COCC(Br)CCNC(=O)C1CCC(F)(F)CC1. The van der Waals surface area contributed by atoms with Gasteiger partial charge in [0.15, 0.2) is 0 Å². The number of carbonyl (C=O) groups excluding carboxylic acids is 1. The van der Waals surface area contributed by atoms with Crippen molar-refractivity contribution in [2.75, 3.05) is 20.3 Å². The van der Waals surface area contributed by atoms with Gasteiger partial charge < -0.3 is 10.1 Å². The molecule has 1 saturated carbocycles. The van der Waals surface area contributed by atoms with Crippen LogP contribution in [0.4, 0.5) is 8.78 Å². The fraction of sp³-hybridized carbons (Fsp3) is 0.917. The van der Waals surface area contributed by atoms with Gasteiger partial charge in [0, 0.05) is 37.2 Å². The summed E-state index contributed by atoms with van der Waals surface area (Å²) in [5.74, 6) is -2.92. The lowest BCUT2D eigenvalue weighted by Crippen LogP contribution is -2.36. The normalized spacial score (nSPS) is 21.6. The molecule has 1 N–H and O–H groups in total. The van der Waals surface area contributed by atoms with Crippen molar-refractivity contribution in [3.63, 3.8) is 0 Å². The molecule has 0 aliphatic heterocycles. The van der Waals surface area contributed by atoms with Crippen molar-refractivity contribution in [1.29, 1.82) is 0 Å². The summed E-state index contributed by atoms with van der Waals surface area (Å²) in [7, 11) is 1.62. The van der Waals surface area contributed by atoms with Crippen LogP contribution >= 0.6 is 15.9 Å². The summed E-state index contributed by atoms with van der Waals surface area (Å²) in [5, 5.41) is 2.80. The van der Waals surface area contributed by atoms with Crippen LogP contribution in [0.5, 0.6) is 0 Å². The number of ether oxygens (including phenoxy) is 1. The smallest absolute Gasteiger partial charge is 0.248 e. The van der Waals surface area contributed by atoms with Crippen LogP contribution in [0.25, 0.3) is 0 Å². The van der Waals surface area contributed by atoms with E-state index in [-0.39, 0.29) is 42.3 Å². The topological polar surface area (TPSA) is 38.3 Å². The number of amides is 1. The number of nitrogens with one attached hydrogen (secondary N) is 1. The third-order valence-corrected chi connectivity index (χ3v) is 3.91. The van der Waals surface area contributed by atoms with Crippen molar-refractivity contribution < 1.29 is 18.3 Å². The lowest BCUT2D eigenvalue weighted by Gasteiger charge is -2.27. The predicted octanol–water partition coefficient (Wildman–Crippen LogP) is 2.73. The molecule has 1 atom stereocenters. The van der Waals surface area contributed by atoms with Crippen molar-refractivity contribution >= 4 is 21.8 Å². The van der Waals surface area contributed by atoms with Crippen molar-refractivity contribution in [3.8, 4) is 0 Å². The Labute approximate surface area is 115 Å². The largest absolute Gasteiger partial charge is 0.384 e. The second kappa shape index (κ2) is 7.38. The Kier molecular flexibility index (Phi) is 6.49. The summed E-state index contributed by atoms with van der Waals surface area (Å²) in [6, 6.07) is 0. The highest BCUT2D eigenvalue weighted by Crippen LogP contribution is 2.36. The van der Waals surface area contributed by atoms with Crippen molar-refractivity contribution in [2.24, 2.45) is 5.92 Å². The van der Waals surface area contributed by atoms with Gasteiger partial charge >= 0.3 is 0 Å². The molecule has 3 nitrogen and oxygen atoms in total. The maximum atomic E-state index is 12.9. The number of hydrogen-bond acceptors (Lipinski definition) is 2. The third-order valence-electron chi connectivity index (χ3n) is 3.19. The Morgan fingerprint density at radius 3 is 2.67 bits per heavy atom. The number of rotatable bonds is 6. The van der Waals surface area contributed by atoms with Crippen LogP contribution < -0.4 is 5.32 Å². The van der Waals surface area contributed by atoms with E-state index in [0.29, 0.717) is 13.2 Å². The molecule has 18 heavy (non-hydrogen) atoms. The van der Waals surface area contributed by atoms with Crippen molar-refractivity contribution in [1.82, 2.24) is 5.32 Å². The van der Waals surface area contributed by atoms with Gasteiger partial charge in [0.1, 0.15) is 0 Å². The number of alkyl halides is 3. The molecule has 0 spiro atoms. The zero-order valence-corrected chi connectivity index (χ0v) is 12.1. The van der Waals surface area contributed by atoms with Gasteiger partial charge in [-0.15, -0.1) is 0 Å². The Hall–Kier alpha value is -0.230. The average molecular weight is 328 g/mol. The summed E-state index contributed by atoms with van der Waals surface area (Å²) in [4.78, 5) is 12.0. The molecular weight excluding hydrogens is 308 g/mol. The molecule has 1 aliphatic carbocycles. The molecule has 1 aliphatic rings. The van der Waals surface area contributed by atoms with E-state index in [1.165, 1.54) is 0 Å². The van der Waals surface area contributed by atoms with E-state index < -0.39 is 5.92 Å². The maximum Gasteiger partial charge on any atom is 0.248 e. The second-order valence-corrected chi connectivity index (χ2v) is 6.06. The first-order chi connectivity index (χ1) is 8.44. The molecule has 0 aromatic rings. The van der Waals surface area contributed by atoms with Crippen LogP contribution in [0.1, 0.15) is 32.1 Å². The molecule has 0 saturated heterocycles. The molecule has 0 aromatic heterocycles. The Bertz CT molecular complexity index is 267. The van der Waals surface area contributed by atoms with Crippen molar-refractivity contribution in [3.05, 3.63) is 0 Å². The maximum absolute atomic E-state index is 12.9. The van der Waals surface area contributed by atoms with E-state index in [4.69, 9.17) is 4.74 Å². The Morgan fingerprint density at radius 2 is 2.11 bits per heavy atom. The van der Waals surface area contributed by atoms with E-state index in [0.717, 1.165) is 6.42 Å². The number of hydrogen-bond donors (Lipinski definition) is 1. The first-order valence-corrected chi connectivity index (χ1v) is 7.15. The molecule has 6 heteroatoms. The van der Waals surface area contributed by atoms with E-state index in [1.807, 2.05) is 0 Å². The first-order valence-electron chi connectivity index (χ1n) is 6.23. The lowest BCUT2D eigenvalue weighted by atomic mass is 9.86. The molecule has 1 unspecified atom stereocenters. The molecular formula is C12H20BrF2NO2. The molecule has 0 aromatic carbocycles. The van der Waals surface area contributed by atoms with E-state index in [2.05, 4.69) is 21.2 Å². The summed E-state index contributed by atoms with van der Waals surface area (Å²) >= 11 is 3.42. The standard InChI is InChI=1S/C12H20BrF2NO2/c1-18-8-10(13)4-7-16-11(17)9-2-5-12(14,15)6-3-9/h9-10H,2-8H2,1H3,(H,16,17). The molecule has 106 valence electrons. The number of methoxy groups -OCH3 is 1. The highest BCUT2D eigenvalue weighted by atomic mass is 79.9. The van der Waals surface area contributed by atoms with Crippen LogP contribution in [0.3, 0.4) is 0 Å². The highest BCUT2D eigenvalue weighted by molar-refractivity contribution is 9.09. The van der Waals surface area contributed by atoms with E-state index in [9.17, 15) is 13.6 Å². The van der Waals surface area contributed by atoms with Gasteiger partial charge in [-0.05, 0) is 19.3 Å². The molecule has 1 amide bonds. The summed E-state index contributed by atoms with van der Waals surface area (Å²) in [6.45, 7) is 1.14. The number of halogens is 3. The summed E-state index contributed by atoms with van der Waals surface area (Å²) in [5.41, 5.74) is 0. The highest BCUT2D eigenvalue weighted by Gasteiger charge is 2.37. The van der Waals surface area contributed by atoms with Crippen LogP contribution in [-0.4, -0.2) is 36.9 Å². The molecule has 0 heterocycles. The monoisotopic (exact) mass is 327 g/mol. The second-order valence-electron chi connectivity index (χ2n) is 4.76. The molecule has 1 rings (SSSR count). The lowest BCUT2D eigenvalue weighted by molar-refractivity contribution is -0.129. The predicted molar refractivity (Wildman–Crippen MR) is 69.1 cm³/mol. The van der Waals surface area contributed by atoms with Crippen LogP contribution in [0.15, 0.2) is 0 Å². The Morgan fingerprint density at radius 1 is 1.50 bits per heavy atom. The van der Waals surface area contributed by atoms with Gasteiger partial charge in [-0.2, -0.15) is 0 Å². The van der Waals surface area contributed by atoms with E-state index in [1.54, 1.807) is 7.11 Å².